The summed E-state index contributed by atoms with van der Waals surface area (Å²) < 4.78 is 0. The molecule has 1 atom stereocenters. The maximum atomic E-state index is 11.9. The molecule has 4 N–H and O–H groups in total. The van der Waals surface area contributed by atoms with E-state index in [1.807, 2.05) is 0 Å². The number of anilines is 1. The third kappa shape index (κ3) is 2.35. The molecule has 0 bridgehead atoms. The Balaban J connectivity index is 2.11. The van der Waals surface area contributed by atoms with Crippen LogP contribution < -0.4 is 11.1 Å². The van der Waals surface area contributed by atoms with E-state index in [0.29, 0.717) is 0 Å². The van der Waals surface area contributed by atoms with Crippen LogP contribution >= 0.6 is 0 Å². The number of phenolic OH excluding ortho intramolecular Hbond substituents is 1. The fourth-order valence-electron chi connectivity index (χ4n) is 1.79. The van der Waals surface area contributed by atoms with Gasteiger partial charge in [0, 0.05) is 12.6 Å². The van der Waals surface area contributed by atoms with Crippen LogP contribution in [0.15, 0.2) is 18.2 Å². The number of carbonyl (C=O) groups excluding carboxylic acids is 3. The summed E-state index contributed by atoms with van der Waals surface area (Å²) in [6.45, 7) is 0. The maximum Gasteiger partial charge on any atom is 0.252 e. The lowest BCUT2D eigenvalue weighted by atomic mass is 10.1. The van der Waals surface area contributed by atoms with Crippen LogP contribution in [0.25, 0.3) is 0 Å². The standard InChI is InChI=1S/C12H13N3O4/c1-15-10(17)5-8(12(15)19)14-11(18)6-2-3-7(13)9(16)4-6/h2-4,8,16H,5,13H2,1H3,(H,14,18). The molecule has 19 heavy (non-hydrogen) atoms. The Morgan fingerprint density at radius 2 is 2.16 bits per heavy atom. The molecule has 3 amide bonds. The van der Waals surface area contributed by atoms with Crippen LogP contribution in [0, 0.1) is 0 Å². The molecule has 0 aromatic heterocycles. The molecular weight excluding hydrogens is 250 g/mol. The van der Waals surface area contributed by atoms with Crippen molar-refractivity contribution in [2.75, 3.05) is 12.8 Å². The highest BCUT2D eigenvalue weighted by atomic mass is 16.3. The van der Waals surface area contributed by atoms with Crippen molar-refractivity contribution in [3.63, 3.8) is 0 Å². The molecular formula is C12H13N3O4. The average molecular weight is 263 g/mol. The summed E-state index contributed by atoms with van der Waals surface area (Å²) in [5.74, 6) is -1.54. The van der Waals surface area contributed by atoms with Crippen LogP contribution in [0.2, 0.25) is 0 Å². The number of nitrogens with zero attached hydrogens (tertiary/aromatic N) is 1. The first-order valence-electron chi connectivity index (χ1n) is 5.60. The number of carbonyl (C=O) groups is 3. The van der Waals surface area contributed by atoms with Gasteiger partial charge in [-0.2, -0.15) is 0 Å². The number of benzene rings is 1. The lowest BCUT2D eigenvalue weighted by Crippen LogP contribution is -2.40. The van der Waals surface area contributed by atoms with Crippen molar-refractivity contribution in [3.05, 3.63) is 23.8 Å². The van der Waals surface area contributed by atoms with Crippen molar-refractivity contribution in [1.82, 2.24) is 10.2 Å². The average Bonchev–Trinajstić information content (AvgIpc) is 2.60. The number of hydrogen-bond acceptors (Lipinski definition) is 5. The summed E-state index contributed by atoms with van der Waals surface area (Å²) in [7, 11) is 1.37. The zero-order chi connectivity index (χ0) is 14.2. The highest BCUT2D eigenvalue weighted by molar-refractivity contribution is 6.08. The Hall–Kier alpha value is -2.57. The number of imide groups is 1. The fourth-order valence-corrected chi connectivity index (χ4v) is 1.79. The molecule has 1 fully saturated rings. The molecule has 0 radical (unpaired) electrons. The van der Waals surface area contributed by atoms with Gasteiger partial charge in [-0.3, -0.25) is 19.3 Å². The Morgan fingerprint density at radius 3 is 2.68 bits per heavy atom. The van der Waals surface area contributed by atoms with E-state index in [9.17, 15) is 19.5 Å². The molecule has 0 aliphatic carbocycles. The Kier molecular flexibility index (Phi) is 3.12. The largest absolute Gasteiger partial charge is 0.506 e. The number of amides is 3. The Labute approximate surface area is 109 Å². The molecule has 1 heterocycles. The summed E-state index contributed by atoms with van der Waals surface area (Å²) in [6, 6.07) is 3.16. The van der Waals surface area contributed by atoms with Gasteiger partial charge in [-0.15, -0.1) is 0 Å². The minimum atomic E-state index is -0.857. The number of hydrogen-bond donors (Lipinski definition) is 3. The van der Waals surface area contributed by atoms with E-state index >= 15 is 0 Å². The molecule has 2 rings (SSSR count). The highest BCUT2D eigenvalue weighted by Gasteiger charge is 2.37. The zero-order valence-electron chi connectivity index (χ0n) is 10.2. The molecule has 0 spiro atoms. The molecule has 1 aliphatic rings. The van der Waals surface area contributed by atoms with E-state index in [-0.39, 0.29) is 29.3 Å². The lowest BCUT2D eigenvalue weighted by molar-refractivity contribution is -0.137. The van der Waals surface area contributed by atoms with E-state index in [0.717, 1.165) is 4.90 Å². The predicted molar refractivity (Wildman–Crippen MR) is 66.2 cm³/mol. The molecule has 1 aromatic carbocycles. The van der Waals surface area contributed by atoms with Crippen LogP contribution in [-0.4, -0.2) is 40.8 Å². The van der Waals surface area contributed by atoms with Crippen molar-refractivity contribution in [3.8, 4) is 5.75 Å². The third-order valence-electron chi connectivity index (χ3n) is 2.98. The van der Waals surface area contributed by atoms with Crippen molar-refractivity contribution in [1.29, 1.82) is 0 Å². The predicted octanol–water partition coefficient (Wildman–Crippen LogP) is -0.539. The lowest BCUT2D eigenvalue weighted by Gasteiger charge is -2.11. The second kappa shape index (κ2) is 4.60. The molecule has 0 saturated carbocycles. The highest BCUT2D eigenvalue weighted by Crippen LogP contribution is 2.21. The third-order valence-corrected chi connectivity index (χ3v) is 2.98. The number of nitrogens with one attached hydrogen (secondary N) is 1. The molecule has 1 saturated heterocycles. The van der Waals surface area contributed by atoms with Gasteiger partial charge in [0.2, 0.25) is 5.91 Å². The monoisotopic (exact) mass is 263 g/mol. The van der Waals surface area contributed by atoms with Crippen LogP contribution in [0.4, 0.5) is 5.69 Å². The number of likely N-dealkylation sites (N-methyl/N-ethyl adjacent to an activating group) is 1. The van der Waals surface area contributed by atoms with Gasteiger partial charge >= 0.3 is 0 Å². The van der Waals surface area contributed by atoms with Crippen molar-refractivity contribution < 1.29 is 19.5 Å². The first kappa shape index (κ1) is 12.9. The zero-order valence-corrected chi connectivity index (χ0v) is 10.2. The molecule has 7 nitrogen and oxygen atoms in total. The minimum absolute atomic E-state index is 0.0535. The number of phenols is 1. The summed E-state index contributed by atoms with van der Waals surface area (Å²) in [5.41, 5.74) is 5.75. The molecule has 1 unspecified atom stereocenters. The van der Waals surface area contributed by atoms with E-state index < -0.39 is 17.9 Å². The fraction of sp³-hybridized carbons (Fsp3) is 0.250. The second-order valence-electron chi connectivity index (χ2n) is 4.29. The summed E-state index contributed by atoms with van der Waals surface area (Å²) in [4.78, 5) is 35.8. The number of likely N-dealkylation sites (tertiary alicyclic amines) is 1. The second-order valence-corrected chi connectivity index (χ2v) is 4.29. The van der Waals surface area contributed by atoms with Gasteiger partial charge in [-0.1, -0.05) is 0 Å². The van der Waals surface area contributed by atoms with Gasteiger partial charge in [0.25, 0.3) is 11.8 Å². The number of aromatic hydroxyl groups is 1. The van der Waals surface area contributed by atoms with Gasteiger partial charge in [-0.05, 0) is 18.2 Å². The molecule has 1 aliphatic heterocycles. The van der Waals surface area contributed by atoms with Gasteiger partial charge in [-0.25, -0.2) is 0 Å². The number of nitrogen functional groups attached to an aromatic ring is 1. The normalized spacial score (nSPS) is 18.8. The Bertz CT molecular complexity index is 570. The van der Waals surface area contributed by atoms with Crippen LogP contribution in [0.5, 0.6) is 5.75 Å². The minimum Gasteiger partial charge on any atom is -0.506 e. The van der Waals surface area contributed by atoms with Crippen LogP contribution in [0.3, 0.4) is 0 Å². The SMILES string of the molecule is CN1C(=O)CC(NC(=O)c2ccc(N)c(O)c2)C1=O. The molecule has 7 heteroatoms. The van der Waals surface area contributed by atoms with E-state index in [4.69, 9.17) is 5.73 Å². The number of rotatable bonds is 2. The van der Waals surface area contributed by atoms with E-state index in [1.165, 1.54) is 25.2 Å². The molecule has 1 aromatic rings. The van der Waals surface area contributed by atoms with Gasteiger partial charge in [0.1, 0.15) is 11.8 Å². The maximum absolute atomic E-state index is 11.9. The molecule has 100 valence electrons. The van der Waals surface area contributed by atoms with Crippen LogP contribution in [0.1, 0.15) is 16.8 Å². The quantitative estimate of drug-likeness (QED) is 0.377. The van der Waals surface area contributed by atoms with E-state index in [2.05, 4.69) is 5.32 Å². The van der Waals surface area contributed by atoms with E-state index in [1.54, 1.807) is 0 Å². The smallest absolute Gasteiger partial charge is 0.252 e. The Morgan fingerprint density at radius 1 is 1.47 bits per heavy atom. The number of nitrogens with two attached hydrogens (primary N) is 1. The van der Waals surface area contributed by atoms with Gasteiger partial charge in [0.15, 0.2) is 0 Å². The first-order chi connectivity index (χ1) is 8.90. The summed E-state index contributed by atoms with van der Waals surface area (Å²) >= 11 is 0. The van der Waals surface area contributed by atoms with Crippen molar-refractivity contribution in [2.24, 2.45) is 0 Å². The van der Waals surface area contributed by atoms with Crippen molar-refractivity contribution >= 4 is 23.4 Å². The summed E-state index contributed by atoms with van der Waals surface area (Å²) in [6.07, 6.45) is -0.0535. The van der Waals surface area contributed by atoms with Gasteiger partial charge in [0.05, 0.1) is 12.1 Å². The topological polar surface area (TPSA) is 113 Å². The van der Waals surface area contributed by atoms with Crippen LogP contribution in [-0.2, 0) is 9.59 Å². The van der Waals surface area contributed by atoms with Crippen molar-refractivity contribution in [2.45, 2.75) is 12.5 Å². The summed E-state index contributed by atoms with van der Waals surface area (Å²) in [5, 5.41) is 11.9. The first-order valence-corrected chi connectivity index (χ1v) is 5.60. The van der Waals surface area contributed by atoms with Gasteiger partial charge < -0.3 is 16.2 Å².